The fraction of sp³-hybridized carbons (Fsp3) is 1.00. The van der Waals surface area contributed by atoms with E-state index in [1.54, 1.807) is 0 Å². The van der Waals surface area contributed by atoms with Crippen LogP contribution in [0.15, 0.2) is 0 Å². The lowest BCUT2D eigenvalue weighted by molar-refractivity contribution is 0.0980. The molecule has 3 heteroatoms. The molecule has 13 heavy (non-hydrogen) atoms. The van der Waals surface area contributed by atoms with Crippen LogP contribution in [0.3, 0.4) is 0 Å². The molecule has 0 aromatic heterocycles. The number of β-amino-alcohol motifs (C(OH)–C–C–N with tert-alkyl or cyclic N) is 1. The Morgan fingerprint density at radius 2 is 2.15 bits per heavy atom. The van der Waals surface area contributed by atoms with E-state index in [1.165, 1.54) is 25.8 Å². The largest absolute Gasteiger partial charge is 0.395 e. The fourth-order valence-corrected chi connectivity index (χ4v) is 2.11. The minimum atomic E-state index is 0.296. The van der Waals surface area contributed by atoms with Crippen molar-refractivity contribution in [2.24, 2.45) is 0 Å². The van der Waals surface area contributed by atoms with Crippen LogP contribution in [-0.4, -0.2) is 61.3 Å². The van der Waals surface area contributed by atoms with Gasteiger partial charge in [0.1, 0.15) is 0 Å². The zero-order valence-corrected chi connectivity index (χ0v) is 8.87. The van der Waals surface area contributed by atoms with E-state index in [9.17, 15) is 0 Å². The van der Waals surface area contributed by atoms with E-state index in [1.807, 2.05) is 0 Å². The molecule has 3 nitrogen and oxygen atoms in total. The van der Waals surface area contributed by atoms with E-state index < -0.39 is 0 Å². The van der Waals surface area contributed by atoms with Crippen molar-refractivity contribution in [2.45, 2.75) is 25.3 Å². The first-order valence-electron chi connectivity index (χ1n) is 5.23. The molecule has 0 aromatic rings. The van der Waals surface area contributed by atoms with Crippen LogP contribution in [0.5, 0.6) is 0 Å². The number of aliphatic hydroxyl groups is 1. The molecule has 0 saturated carbocycles. The number of nitrogens with zero attached hydrogens (tertiary/aromatic N) is 2. The fourth-order valence-electron chi connectivity index (χ4n) is 2.11. The Labute approximate surface area is 81.3 Å². The second-order valence-electron chi connectivity index (χ2n) is 4.17. The van der Waals surface area contributed by atoms with Crippen LogP contribution in [0.4, 0.5) is 0 Å². The number of hydrogen-bond acceptors (Lipinski definition) is 3. The topological polar surface area (TPSA) is 26.7 Å². The zero-order chi connectivity index (χ0) is 9.68. The van der Waals surface area contributed by atoms with Crippen molar-refractivity contribution in [2.75, 3.05) is 40.3 Å². The van der Waals surface area contributed by atoms with E-state index in [4.69, 9.17) is 5.11 Å². The number of rotatable bonds is 4. The predicted molar refractivity (Wildman–Crippen MR) is 54.9 cm³/mol. The van der Waals surface area contributed by atoms with E-state index in [2.05, 4.69) is 23.9 Å². The average molecular weight is 186 g/mol. The van der Waals surface area contributed by atoms with Crippen LogP contribution in [0.25, 0.3) is 0 Å². The summed E-state index contributed by atoms with van der Waals surface area (Å²) >= 11 is 0. The average Bonchev–Trinajstić information content (AvgIpc) is 2.08. The number of likely N-dealkylation sites (N-methyl/N-ethyl adjacent to an activating group) is 1. The van der Waals surface area contributed by atoms with Gasteiger partial charge in [0.15, 0.2) is 0 Å². The van der Waals surface area contributed by atoms with Gasteiger partial charge in [-0.1, -0.05) is 6.42 Å². The lowest BCUT2D eigenvalue weighted by atomic mass is 10.0. The molecule has 0 aliphatic carbocycles. The van der Waals surface area contributed by atoms with Gasteiger partial charge in [0.2, 0.25) is 0 Å². The summed E-state index contributed by atoms with van der Waals surface area (Å²) in [5.41, 5.74) is 0. The number of piperidine rings is 1. The van der Waals surface area contributed by atoms with Crippen LogP contribution < -0.4 is 0 Å². The molecule has 1 rings (SSSR count). The maximum Gasteiger partial charge on any atom is 0.0558 e. The Morgan fingerprint density at radius 1 is 1.38 bits per heavy atom. The molecule has 0 unspecified atom stereocenters. The minimum absolute atomic E-state index is 0.296. The quantitative estimate of drug-likeness (QED) is 0.688. The molecule has 0 aromatic carbocycles. The van der Waals surface area contributed by atoms with E-state index >= 15 is 0 Å². The third-order valence-electron chi connectivity index (χ3n) is 2.71. The van der Waals surface area contributed by atoms with Gasteiger partial charge in [0.05, 0.1) is 6.61 Å². The third-order valence-corrected chi connectivity index (χ3v) is 2.71. The smallest absolute Gasteiger partial charge is 0.0558 e. The first-order chi connectivity index (χ1) is 6.24. The molecule has 0 radical (unpaired) electrons. The molecule has 1 saturated heterocycles. The molecular formula is C10H22N2O. The molecule has 1 N–H and O–H groups in total. The van der Waals surface area contributed by atoms with Gasteiger partial charge in [-0.3, -0.25) is 4.90 Å². The Hall–Kier alpha value is -0.120. The highest BCUT2D eigenvalue weighted by molar-refractivity contribution is 4.78. The number of aliphatic hydroxyl groups excluding tert-OH is 1. The van der Waals surface area contributed by atoms with E-state index in [-0.39, 0.29) is 0 Å². The van der Waals surface area contributed by atoms with Gasteiger partial charge >= 0.3 is 0 Å². The maximum atomic E-state index is 8.92. The van der Waals surface area contributed by atoms with Gasteiger partial charge in [-0.15, -0.1) is 0 Å². The van der Waals surface area contributed by atoms with Crippen molar-refractivity contribution in [3.8, 4) is 0 Å². The maximum absolute atomic E-state index is 8.92. The van der Waals surface area contributed by atoms with Crippen molar-refractivity contribution in [1.82, 2.24) is 9.80 Å². The molecular weight excluding hydrogens is 164 g/mol. The van der Waals surface area contributed by atoms with Gasteiger partial charge in [-0.2, -0.15) is 0 Å². The van der Waals surface area contributed by atoms with Gasteiger partial charge < -0.3 is 10.0 Å². The van der Waals surface area contributed by atoms with E-state index in [0.717, 1.165) is 13.1 Å². The molecule has 0 spiro atoms. The summed E-state index contributed by atoms with van der Waals surface area (Å²) in [5, 5.41) is 8.92. The Bertz CT molecular complexity index is 137. The standard InChI is InChI=1S/C10H22N2O/c1-11(2)9-10-5-3-4-6-12(10)7-8-13/h10,13H,3-9H2,1-2H3/t10-/m1/s1. The minimum Gasteiger partial charge on any atom is -0.395 e. The molecule has 1 aliphatic rings. The zero-order valence-electron chi connectivity index (χ0n) is 8.87. The highest BCUT2D eigenvalue weighted by Gasteiger charge is 2.21. The van der Waals surface area contributed by atoms with Crippen LogP contribution in [0, 0.1) is 0 Å². The summed E-state index contributed by atoms with van der Waals surface area (Å²) in [5.74, 6) is 0. The van der Waals surface area contributed by atoms with Crippen molar-refractivity contribution in [3.05, 3.63) is 0 Å². The van der Waals surface area contributed by atoms with E-state index in [0.29, 0.717) is 12.6 Å². The van der Waals surface area contributed by atoms with Gasteiger partial charge in [0, 0.05) is 19.1 Å². The van der Waals surface area contributed by atoms with Crippen molar-refractivity contribution < 1.29 is 5.11 Å². The first-order valence-corrected chi connectivity index (χ1v) is 5.23. The Balaban J connectivity index is 2.36. The highest BCUT2D eigenvalue weighted by atomic mass is 16.3. The highest BCUT2D eigenvalue weighted by Crippen LogP contribution is 2.16. The van der Waals surface area contributed by atoms with Gasteiger partial charge in [0.25, 0.3) is 0 Å². The van der Waals surface area contributed by atoms with Crippen LogP contribution in [-0.2, 0) is 0 Å². The normalized spacial score (nSPS) is 25.4. The van der Waals surface area contributed by atoms with Crippen molar-refractivity contribution in [3.63, 3.8) is 0 Å². The lowest BCUT2D eigenvalue weighted by Gasteiger charge is -2.36. The van der Waals surface area contributed by atoms with Crippen LogP contribution >= 0.6 is 0 Å². The Morgan fingerprint density at radius 3 is 2.77 bits per heavy atom. The summed E-state index contributed by atoms with van der Waals surface area (Å²) in [4.78, 5) is 4.66. The lowest BCUT2D eigenvalue weighted by Crippen LogP contribution is -2.46. The van der Waals surface area contributed by atoms with Gasteiger partial charge in [-0.05, 0) is 33.5 Å². The summed E-state index contributed by atoms with van der Waals surface area (Å²) < 4.78 is 0. The summed E-state index contributed by atoms with van der Waals surface area (Å²) in [6.07, 6.45) is 3.93. The Kier molecular flexibility index (Phi) is 4.70. The van der Waals surface area contributed by atoms with Crippen LogP contribution in [0.1, 0.15) is 19.3 Å². The second-order valence-corrected chi connectivity index (χ2v) is 4.17. The summed E-state index contributed by atoms with van der Waals surface area (Å²) in [6, 6.07) is 0.663. The third kappa shape index (κ3) is 3.63. The molecule has 0 bridgehead atoms. The monoisotopic (exact) mass is 186 g/mol. The van der Waals surface area contributed by atoms with Crippen LogP contribution in [0.2, 0.25) is 0 Å². The molecule has 1 aliphatic heterocycles. The molecule has 1 atom stereocenters. The number of likely N-dealkylation sites (tertiary alicyclic amines) is 1. The molecule has 1 heterocycles. The molecule has 1 fully saturated rings. The SMILES string of the molecule is CN(C)C[C@H]1CCCCN1CCO. The molecule has 78 valence electrons. The number of hydrogen-bond donors (Lipinski definition) is 1. The predicted octanol–water partition coefficient (Wildman–Crippen LogP) is 0.395. The second kappa shape index (κ2) is 5.58. The summed E-state index contributed by atoms with van der Waals surface area (Å²) in [6.45, 7) is 3.43. The molecule has 0 amide bonds. The van der Waals surface area contributed by atoms with Crippen molar-refractivity contribution >= 4 is 0 Å². The summed E-state index contributed by atoms with van der Waals surface area (Å²) in [7, 11) is 4.23. The van der Waals surface area contributed by atoms with Gasteiger partial charge in [-0.25, -0.2) is 0 Å². The first kappa shape index (κ1) is 11.0. The van der Waals surface area contributed by atoms with Crippen molar-refractivity contribution in [1.29, 1.82) is 0 Å².